The van der Waals surface area contributed by atoms with E-state index in [1.165, 1.54) is 44.5 Å². The van der Waals surface area contributed by atoms with Gasteiger partial charge in [0.25, 0.3) is 0 Å². The normalized spacial score (nSPS) is 13.0. The number of fused-ring (bicyclic) bond motifs is 5. The van der Waals surface area contributed by atoms with Crippen molar-refractivity contribution in [3.63, 3.8) is 0 Å². The Balaban J connectivity index is 1.62. The maximum atomic E-state index is 5.68. The Labute approximate surface area is 216 Å². The molecule has 1 aliphatic carbocycles. The summed E-state index contributed by atoms with van der Waals surface area (Å²) in [6.45, 7) is 0. The molecule has 3 heteroatoms. The fourth-order valence-electron chi connectivity index (χ4n) is 5.76. The number of benzene rings is 5. The van der Waals surface area contributed by atoms with Crippen molar-refractivity contribution in [2.45, 2.75) is 0 Å². The third-order valence-corrected chi connectivity index (χ3v) is 7.38. The van der Waals surface area contributed by atoms with Crippen LogP contribution in [0.5, 0.6) is 11.5 Å². The Morgan fingerprint density at radius 3 is 1.41 bits per heavy atom. The van der Waals surface area contributed by atoms with Gasteiger partial charge in [-0.1, -0.05) is 66.7 Å². The maximum absolute atomic E-state index is 5.68. The minimum atomic E-state index is 0.847. The average molecular weight is 480 g/mol. The van der Waals surface area contributed by atoms with Crippen molar-refractivity contribution in [3.8, 4) is 22.6 Å². The second-order valence-corrected chi connectivity index (χ2v) is 9.28. The highest BCUT2D eigenvalue weighted by molar-refractivity contribution is 6.18. The van der Waals surface area contributed by atoms with Gasteiger partial charge in [-0.05, 0) is 76.4 Å². The van der Waals surface area contributed by atoms with E-state index in [4.69, 9.17) is 9.47 Å². The molecule has 5 aromatic carbocycles. The van der Waals surface area contributed by atoms with E-state index < -0.39 is 0 Å². The van der Waals surface area contributed by atoms with Gasteiger partial charge in [-0.15, -0.1) is 0 Å². The maximum Gasteiger partial charge on any atom is 0.119 e. The SMILES string of the molecule is COc1ccc2c(c1)C(=C1c3ccccc3N(c3ccccc3)c3ccccc31)c1cc(OC)ccc1-2. The number of rotatable bonds is 3. The van der Waals surface area contributed by atoms with Crippen LogP contribution in [0.3, 0.4) is 0 Å². The summed E-state index contributed by atoms with van der Waals surface area (Å²) in [5, 5.41) is 0. The Kier molecular flexibility index (Phi) is 4.90. The lowest BCUT2D eigenvalue weighted by atomic mass is 9.83. The molecule has 0 saturated heterocycles. The lowest BCUT2D eigenvalue weighted by Gasteiger charge is -2.35. The topological polar surface area (TPSA) is 21.7 Å². The Hall–Kier alpha value is -4.76. The summed E-state index contributed by atoms with van der Waals surface area (Å²) in [7, 11) is 3.45. The van der Waals surface area contributed by atoms with Crippen LogP contribution in [-0.4, -0.2) is 14.2 Å². The molecule has 7 rings (SSSR count). The molecule has 1 aliphatic heterocycles. The zero-order valence-corrected chi connectivity index (χ0v) is 20.7. The fraction of sp³-hybridized carbons (Fsp3) is 0.0588. The number of hydrogen-bond donors (Lipinski definition) is 0. The van der Waals surface area contributed by atoms with Gasteiger partial charge in [0.15, 0.2) is 0 Å². The summed E-state index contributed by atoms with van der Waals surface area (Å²) in [4.78, 5) is 2.36. The largest absolute Gasteiger partial charge is 0.497 e. The monoisotopic (exact) mass is 479 g/mol. The van der Waals surface area contributed by atoms with Gasteiger partial charge in [0.2, 0.25) is 0 Å². The molecule has 0 amide bonds. The number of ether oxygens (including phenoxy) is 2. The summed E-state index contributed by atoms with van der Waals surface area (Å²) >= 11 is 0. The van der Waals surface area contributed by atoms with E-state index in [9.17, 15) is 0 Å². The van der Waals surface area contributed by atoms with Gasteiger partial charge >= 0.3 is 0 Å². The molecule has 0 bridgehead atoms. The van der Waals surface area contributed by atoms with Gasteiger partial charge in [-0.2, -0.15) is 0 Å². The fourth-order valence-corrected chi connectivity index (χ4v) is 5.76. The molecule has 0 fully saturated rings. The summed E-state index contributed by atoms with van der Waals surface area (Å²) in [5.41, 5.74) is 13.1. The third kappa shape index (κ3) is 3.21. The van der Waals surface area contributed by atoms with Gasteiger partial charge < -0.3 is 14.4 Å². The van der Waals surface area contributed by atoms with Crippen LogP contribution in [-0.2, 0) is 0 Å². The van der Waals surface area contributed by atoms with E-state index in [1.54, 1.807) is 14.2 Å². The first-order valence-electron chi connectivity index (χ1n) is 12.4. The smallest absolute Gasteiger partial charge is 0.119 e. The van der Waals surface area contributed by atoms with Gasteiger partial charge in [0.1, 0.15) is 11.5 Å². The number of nitrogens with zero attached hydrogens (tertiary/aromatic N) is 1. The first kappa shape index (κ1) is 21.5. The predicted octanol–water partition coefficient (Wildman–Crippen LogP) is 8.47. The zero-order chi connectivity index (χ0) is 24.9. The number of methoxy groups -OCH3 is 2. The molecule has 1 heterocycles. The first-order chi connectivity index (χ1) is 18.3. The molecule has 178 valence electrons. The molecule has 0 aromatic heterocycles. The number of hydrogen-bond acceptors (Lipinski definition) is 3. The van der Waals surface area contributed by atoms with Crippen LogP contribution in [0, 0.1) is 0 Å². The van der Waals surface area contributed by atoms with Gasteiger partial charge in [-0.3, -0.25) is 0 Å². The highest BCUT2D eigenvalue weighted by Crippen LogP contribution is 2.56. The molecule has 3 nitrogen and oxygen atoms in total. The van der Waals surface area contributed by atoms with Crippen molar-refractivity contribution in [1.82, 2.24) is 0 Å². The van der Waals surface area contributed by atoms with Gasteiger partial charge in [0.05, 0.1) is 25.6 Å². The summed E-state index contributed by atoms with van der Waals surface area (Å²) < 4.78 is 11.4. The highest BCUT2D eigenvalue weighted by atomic mass is 16.5. The van der Waals surface area contributed by atoms with Crippen molar-refractivity contribution in [3.05, 3.63) is 138 Å². The molecule has 37 heavy (non-hydrogen) atoms. The molecule has 0 unspecified atom stereocenters. The average Bonchev–Trinajstić information content (AvgIpc) is 3.28. The summed E-state index contributed by atoms with van der Waals surface area (Å²) in [6.07, 6.45) is 0. The van der Waals surface area contributed by atoms with E-state index in [2.05, 4.69) is 108 Å². The molecule has 0 N–H and O–H groups in total. The van der Waals surface area contributed by atoms with Crippen molar-refractivity contribution in [2.24, 2.45) is 0 Å². The lowest BCUT2D eigenvalue weighted by Crippen LogP contribution is -2.18. The van der Waals surface area contributed by atoms with Crippen LogP contribution in [0.25, 0.3) is 22.3 Å². The molecule has 2 aliphatic rings. The van der Waals surface area contributed by atoms with Crippen molar-refractivity contribution in [1.29, 1.82) is 0 Å². The zero-order valence-electron chi connectivity index (χ0n) is 20.7. The van der Waals surface area contributed by atoms with Crippen molar-refractivity contribution < 1.29 is 9.47 Å². The molecule has 0 atom stereocenters. The van der Waals surface area contributed by atoms with E-state index >= 15 is 0 Å². The van der Waals surface area contributed by atoms with Crippen LogP contribution in [0.1, 0.15) is 22.3 Å². The molecule has 0 spiro atoms. The molecular weight excluding hydrogens is 454 g/mol. The van der Waals surface area contributed by atoms with E-state index in [1.807, 2.05) is 12.1 Å². The Bertz CT molecular complexity index is 1600. The van der Waals surface area contributed by atoms with Crippen LogP contribution >= 0.6 is 0 Å². The summed E-state index contributed by atoms with van der Waals surface area (Å²) in [5.74, 6) is 1.69. The molecule has 5 aromatic rings. The lowest BCUT2D eigenvalue weighted by molar-refractivity contribution is 0.414. The van der Waals surface area contributed by atoms with E-state index in [-0.39, 0.29) is 0 Å². The van der Waals surface area contributed by atoms with Crippen molar-refractivity contribution >= 4 is 28.2 Å². The van der Waals surface area contributed by atoms with E-state index in [0.29, 0.717) is 0 Å². The second kappa shape index (κ2) is 8.42. The van der Waals surface area contributed by atoms with Crippen LogP contribution < -0.4 is 14.4 Å². The molecular formula is C34H25NO2. The van der Waals surface area contributed by atoms with Crippen LogP contribution in [0.4, 0.5) is 17.1 Å². The van der Waals surface area contributed by atoms with Crippen molar-refractivity contribution in [2.75, 3.05) is 19.1 Å². The minimum Gasteiger partial charge on any atom is -0.497 e. The number of para-hydroxylation sites is 3. The first-order valence-corrected chi connectivity index (χ1v) is 12.4. The van der Waals surface area contributed by atoms with Gasteiger partial charge in [0, 0.05) is 22.4 Å². The third-order valence-electron chi connectivity index (χ3n) is 7.38. The highest BCUT2D eigenvalue weighted by Gasteiger charge is 2.34. The van der Waals surface area contributed by atoms with Gasteiger partial charge in [-0.25, -0.2) is 0 Å². The van der Waals surface area contributed by atoms with Crippen LogP contribution in [0.2, 0.25) is 0 Å². The van der Waals surface area contributed by atoms with Crippen LogP contribution in [0.15, 0.2) is 115 Å². The second-order valence-electron chi connectivity index (χ2n) is 9.28. The standard InChI is InChI=1S/C34H25NO2/c1-36-23-16-18-25-26-19-17-24(37-2)21-30(26)34(29(25)20-23)33-27-12-6-8-14-31(27)35(22-10-4-3-5-11-22)32-15-9-7-13-28(32)33/h3-21H,1-2H3. The molecule has 0 saturated carbocycles. The predicted molar refractivity (Wildman–Crippen MR) is 151 cm³/mol. The summed E-state index contributed by atoms with van der Waals surface area (Å²) in [6, 6.07) is 40.7. The quantitative estimate of drug-likeness (QED) is 0.254. The van der Waals surface area contributed by atoms with E-state index in [0.717, 1.165) is 28.6 Å². The molecule has 0 radical (unpaired) electrons. The minimum absolute atomic E-state index is 0.847. The number of anilines is 3. The Morgan fingerprint density at radius 1 is 0.432 bits per heavy atom. The Morgan fingerprint density at radius 2 is 0.892 bits per heavy atom.